The summed E-state index contributed by atoms with van der Waals surface area (Å²) < 4.78 is 7.53. The van der Waals surface area contributed by atoms with Crippen molar-refractivity contribution in [2.75, 3.05) is 50.8 Å². The Morgan fingerprint density at radius 3 is 2.76 bits per heavy atom. The number of morpholine rings is 1. The molecule has 6 nitrogen and oxygen atoms in total. The lowest BCUT2D eigenvalue weighted by molar-refractivity contribution is 0.122. The van der Waals surface area contributed by atoms with Crippen LogP contribution in [-0.2, 0) is 18.3 Å². The summed E-state index contributed by atoms with van der Waals surface area (Å²) in [5.74, 6) is 1.28. The van der Waals surface area contributed by atoms with E-state index in [0.29, 0.717) is 6.04 Å². The minimum Gasteiger partial charge on any atom is -0.378 e. The number of aromatic nitrogens is 2. The Hall–Kier alpha value is -1.11. The molecule has 2 aliphatic rings. The highest BCUT2D eigenvalue weighted by molar-refractivity contribution is 5.50. The molecule has 0 spiro atoms. The molecule has 2 saturated heterocycles. The van der Waals surface area contributed by atoms with E-state index in [0.717, 1.165) is 58.2 Å². The van der Waals surface area contributed by atoms with Crippen LogP contribution in [0.2, 0.25) is 0 Å². The first kappa shape index (κ1) is 14.8. The van der Waals surface area contributed by atoms with Crippen molar-refractivity contribution in [2.24, 2.45) is 7.05 Å². The van der Waals surface area contributed by atoms with Crippen LogP contribution in [0, 0.1) is 6.92 Å². The predicted octanol–water partition coefficient (Wildman–Crippen LogP) is 0.359. The summed E-state index contributed by atoms with van der Waals surface area (Å²) in [7, 11) is 2.06. The van der Waals surface area contributed by atoms with Gasteiger partial charge in [-0.05, 0) is 13.8 Å². The molecule has 3 heterocycles. The van der Waals surface area contributed by atoms with Gasteiger partial charge in [-0.15, -0.1) is 0 Å². The van der Waals surface area contributed by atoms with Crippen LogP contribution in [0.25, 0.3) is 0 Å². The van der Waals surface area contributed by atoms with Gasteiger partial charge in [0.25, 0.3) is 0 Å². The van der Waals surface area contributed by atoms with Gasteiger partial charge < -0.3 is 15.0 Å². The van der Waals surface area contributed by atoms with Crippen LogP contribution < -0.4 is 10.2 Å². The number of nitrogens with one attached hydrogen (secondary N) is 1. The van der Waals surface area contributed by atoms with Crippen LogP contribution in [-0.4, -0.2) is 66.7 Å². The smallest absolute Gasteiger partial charge is 0.131 e. The van der Waals surface area contributed by atoms with Gasteiger partial charge in [-0.1, -0.05) is 0 Å². The quantitative estimate of drug-likeness (QED) is 0.872. The molecule has 0 aliphatic carbocycles. The summed E-state index contributed by atoms with van der Waals surface area (Å²) in [6, 6.07) is 0.572. The van der Waals surface area contributed by atoms with Gasteiger partial charge in [0.2, 0.25) is 0 Å². The predicted molar refractivity (Wildman–Crippen MR) is 83.7 cm³/mol. The van der Waals surface area contributed by atoms with Crippen molar-refractivity contribution in [3.8, 4) is 0 Å². The van der Waals surface area contributed by atoms with Crippen LogP contribution in [0.1, 0.15) is 18.2 Å². The maximum Gasteiger partial charge on any atom is 0.131 e. The highest BCUT2D eigenvalue weighted by Gasteiger charge is 2.24. The number of nitrogens with zero attached hydrogens (tertiary/aromatic N) is 4. The largest absolute Gasteiger partial charge is 0.378 e. The second-order valence-electron chi connectivity index (χ2n) is 6.20. The molecule has 1 N–H and O–H groups in total. The summed E-state index contributed by atoms with van der Waals surface area (Å²) >= 11 is 0. The van der Waals surface area contributed by atoms with Gasteiger partial charge in [-0.2, -0.15) is 5.10 Å². The van der Waals surface area contributed by atoms with E-state index in [4.69, 9.17) is 4.74 Å². The van der Waals surface area contributed by atoms with E-state index in [1.54, 1.807) is 0 Å². The fraction of sp³-hybridized carbons (Fsp3) is 0.800. The van der Waals surface area contributed by atoms with E-state index in [9.17, 15) is 0 Å². The van der Waals surface area contributed by atoms with Crippen molar-refractivity contribution in [3.63, 3.8) is 0 Å². The van der Waals surface area contributed by atoms with Crippen molar-refractivity contribution in [1.82, 2.24) is 20.0 Å². The summed E-state index contributed by atoms with van der Waals surface area (Å²) in [6.45, 7) is 12.2. The maximum atomic E-state index is 5.48. The molecule has 0 saturated carbocycles. The number of piperazine rings is 1. The second-order valence-corrected chi connectivity index (χ2v) is 6.20. The van der Waals surface area contributed by atoms with E-state index in [1.165, 1.54) is 11.4 Å². The zero-order chi connectivity index (χ0) is 14.8. The highest BCUT2D eigenvalue weighted by atomic mass is 16.5. The number of ether oxygens (including phenoxy) is 1. The van der Waals surface area contributed by atoms with E-state index in [2.05, 4.69) is 41.1 Å². The molecule has 1 aromatic heterocycles. The van der Waals surface area contributed by atoms with Gasteiger partial charge in [0.15, 0.2) is 0 Å². The fourth-order valence-electron chi connectivity index (χ4n) is 3.43. The van der Waals surface area contributed by atoms with E-state index < -0.39 is 0 Å². The molecule has 0 amide bonds. The Morgan fingerprint density at radius 2 is 2.05 bits per heavy atom. The molecule has 6 heteroatoms. The Balaban J connectivity index is 1.80. The average molecular weight is 293 g/mol. The topological polar surface area (TPSA) is 45.6 Å². The average Bonchev–Trinajstić information content (AvgIpc) is 2.74. The van der Waals surface area contributed by atoms with Crippen LogP contribution in [0.3, 0.4) is 0 Å². The molecule has 1 unspecified atom stereocenters. The number of hydrogen-bond donors (Lipinski definition) is 1. The van der Waals surface area contributed by atoms with Crippen molar-refractivity contribution < 1.29 is 4.74 Å². The fourth-order valence-corrected chi connectivity index (χ4v) is 3.43. The van der Waals surface area contributed by atoms with Crippen LogP contribution in [0.5, 0.6) is 0 Å². The van der Waals surface area contributed by atoms with Gasteiger partial charge in [-0.25, -0.2) is 0 Å². The summed E-state index contributed by atoms with van der Waals surface area (Å²) in [5, 5.41) is 8.17. The summed E-state index contributed by atoms with van der Waals surface area (Å²) in [6.07, 6.45) is 0. The first-order valence-electron chi connectivity index (χ1n) is 7.96. The lowest BCUT2D eigenvalue weighted by Gasteiger charge is -2.34. The molecular formula is C15H27N5O. The summed E-state index contributed by atoms with van der Waals surface area (Å²) in [4.78, 5) is 4.96. The van der Waals surface area contributed by atoms with Crippen LogP contribution >= 0.6 is 0 Å². The highest BCUT2D eigenvalue weighted by Crippen LogP contribution is 2.26. The van der Waals surface area contributed by atoms with Gasteiger partial charge in [-0.3, -0.25) is 9.58 Å². The maximum absolute atomic E-state index is 5.48. The van der Waals surface area contributed by atoms with E-state index >= 15 is 0 Å². The molecule has 0 radical (unpaired) electrons. The van der Waals surface area contributed by atoms with Crippen molar-refractivity contribution in [2.45, 2.75) is 26.4 Å². The lowest BCUT2D eigenvalue weighted by atomic mass is 10.1. The second kappa shape index (κ2) is 6.34. The van der Waals surface area contributed by atoms with Crippen molar-refractivity contribution in [1.29, 1.82) is 0 Å². The summed E-state index contributed by atoms with van der Waals surface area (Å²) in [5.41, 5.74) is 2.54. The zero-order valence-corrected chi connectivity index (χ0v) is 13.4. The first-order chi connectivity index (χ1) is 10.1. The molecule has 0 aromatic carbocycles. The molecule has 118 valence electrons. The molecule has 1 atom stereocenters. The monoisotopic (exact) mass is 293 g/mol. The minimum absolute atomic E-state index is 0.572. The first-order valence-corrected chi connectivity index (χ1v) is 7.96. The van der Waals surface area contributed by atoms with Gasteiger partial charge in [0.05, 0.1) is 18.9 Å². The Labute approximate surface area is 127 Å². The third-order valence-corrected chi connectivity index (χ3v) is 4.46. The molecule has 21 heavy (non-hydrogen) atoms. The number of anilines is 1. The SMILES string of the molecule is Cc1nn(C)c(N2CCOCC2)c1CN1CCNC(C)C1. The Morgan fingerprint density at radius 1 is 1.29 bits per heavy atom. The molecule has 0 bridgehead atoms. The molecule has 2 fully saturated rings. The zero-order valence-electron chi connectivity index (χ0n) is 13.4. The molecule has 1 aromatic rings. The molecule has 3 rings (SSSR count). The minimum atomic E-state index is 0.572. The van der Waals surface area contributed by atoms with Crippen LogP contribution in [0.15, 0.2) is 0 Å². The molecule has 2 aliphatic heterocycles. The standard InChI is InChI=1S/C15H27N5O/c1-12-10-19(5-4-16-12)11-14-13(2)17-18(3)15(14)20-6-8-21-9-7-20/h12,16H,4-11H2,1-3H3. The van der Waals surface area contributed by atoms with E-state index in [1.807, 2.05) is 4.68 Å². The third kappa shape index (κ3) is 3.22. The Bertz CT molecular complexity index is 481. The lowest BCUT2D eigenvalue weighted by Crippen LogP contribution is -2.48. The van der Waals surface area contributed by atoms with Crippen LogP contribution in [0.4, 0.5) is 5.82 Å². The van der Waals surface area contributed by atoms with E-state index in [-0.39, 0.29) is 0 Å². The Kier molecular flexibility index (Phi) is 4.47. The van der Waals surface area contributed by atoms with Crippen molar-refractivity contribution >= 4 is 5.82 Å². The number of rotatable bonds is 3. The molecular weight excluding hydrogens is 266 g/mol. The van der Waals surface area contributed by atoms with Gasteiger partial charge >= 0.3 is 0 Å². The number of hydrogen-bond acceptors (Lipinski definition) is 5. The van der Waals surface area contributed by atoms with Gasteiger partial charge in [0, 0.05) is 57.9 Å². The van der Waals surface area contributed by atoms with Crippen molar-refractivity contribution in [3.05, 3.63) is 11.3 Å². The third-order valence-electron chi connectivity index (χ3n) is 4.46. The normalized spacial score (nSPS) is 24.5. The van der Waals surface area contributed by atoms with Gasteiger partial charge in [0.1, 0.15) is 5.82 Å². The number of aryl methyl sites for hydroxylation is 2.